The lowest BCUT2D eigenvalue weighted by Gasteiger charge is -2.46. The van der Waals surface area contributed by atoms with Gasteiger partial charge in [-0.1, -0.05) is 18.2 Å². The van der Waals surface area contributed by atoms with Crippen molar-refractivity contribution in [3.05, 3.63) is 64.6 Å². The standard InChI is InChI=1S/C24H26N8O2/c1-16-19(11-25)4-3-5-21(16)22-13-30-8-9-31(12-20(30)14-34-22)24(33)10-18-6-7-23(27-17(18)2)32-15-26-28-29-32/h3-7,15,20,22H,8-10,12-14H2,1-2H3/t20-,22+/m0/s1. The van der Waals surface area contributed by atoms with Crippen molar-refractivity contribution in [1.29, 1.82) is 5.26 Å². The summed E-state index contributed by atoms with van der Waals surface area (Å²) in [6.07, 6.45) is 1.74. The van der Waals surface area contributed by atoms with Gasteiger partial charge in [0, 0.05) is 31.9 Å². The molecule has 0 aliphatic carbocycles. The molecule has 0 unspecified atom stereocenters. The number of morpholine rings is 1. The summed E-state index contributed by atoms with van der Waals surface area (Å²) >= 11 is 0. The molecule has 34 heavy (non-hydrogen) atoms. The minimum atomic E-state index is -0.0563. The minimum Gasteiger partial charge on any atom is -0.370 e. The van der Waals surface area contributed by atoms with Crippen LogP contribution in [0.4, 0.5) is 0 Å². The van der Waals surface area contributed by atoms with E-state index in [0.29, 0.717) is 37.5 Å². The van der Waals surface area contributed by atoms with E-state index in [-0.39, 0.29) is 18.1 Å². The van der Waals surface area contributed by atoms with Gasteiger partial charge in [-0.15, -0.1) is 5.10 Å². The lowest BCUT2D eigenvalue weighted by Crippen LogP contribution is -2.59. The van der Waals surface area contributed by atoms with Crippen LogP contribution in [0, 0.1) is 25.2 Å². The van der Waals surface area contributed by atoms with E-state index in [2.05, 4.69) is 31.5 Å². The van der Waals surface area contributed by atoms with Crippen LogP contribution in [0.5, 0.6) is 0 Å². The molecule has 2 atom stereocenters. The van der Waals surface area contributed by atoms with Crippen molar-refractivity contribution in [2.24, 2.45) is 0 Å². The summed E-state index contributed by atoms with van der Waals surface area (Å²) in [4.78, 5) is 22.0. The van der Waals surface area contributed by atoms with Crippen LogP contribution < -0.4 is 0 Å². The number of benzene rings is 1. The molecule has 2 aromatic heterocycles. The van der Waals surface area contributed by atoms with Crippen molar-refractivity contribution >= 4 is 5.91 Å². The van der Waals surface area contributed by atoms with Crippen LogP contribution in [0.1, 0.15) is 34.1 Å². The molecular formula is C24H26N8O2. The van der Waals surface area contributed by atoms with Gasteiger partial charge in [0.25, 0.3) is 0 Å². The predicted octanol–water partition coefficient (Wildman–Crippen LogP) is 1.37. The maximum absolute atomic E-state index is 13.1. The average molecular weight is 459 g/mol. The van der Waals surface area contributed by atoms with Gasteiger partial charge in [-0.3, -0.25) is 9.69 Å². The van der Waals surface area contributed by atoms with Gasteiger partial charge in [-0.05, 0) is 53.1 Å². The number of tetrazole rings is 1. The molecule has 2 fully saturated rings. The summed E-state index contributed by atoms with van der Waals surface area (Å²) in [6.45, 7) is 7.35. The fraction of sp³-hybridized carbons (Fsp3) is 0.417. The van der Waals surface area contributed by atoms with Crippen LogP contribution in [0.15, 0.2) is 36.7 Å². The van der Waals surface area contributed by atoms with Gasteiger partial charge in [0.2, 0.25) is 5.91 Å². The first kappa shape index (κ1) is 22.1. The van der Waals surface area contributed by atoms with Crippen LogP contribution in [0.25, 0.3) is 5.82 Å². The quantitative estimate of drug-likeness (QED) is 0.576. The minimum absolute atomic E-state index is 0.0563. The third-order valence-electron chi connectivity index (χ3n) is 6.80. The third kappa shape index (κ3) is 4.27. The second-order valence-corrected chi connectivity index (χ2v) is 8.79. The zero-order valence-electron chi connectivity index (χ0n) is 19.3. The van der Waals surface area contributed by atoms with Gasteiger partial charge in [0.05, 0.1) is 36.8 Å². The number of ether oxygens (including phenoxy) is 1. The Labute approximate surface area is 197 Å². The van der Waals surface area contributed by atoms with Crippen molar-refractivity contribution in [3.63, 3.8) is 0 Å². The molecule has 3 aromatic rings. The number of piperazine rings is 1. The van der Waals surface area contributed by atoms with Crippen LogP contribution >= 0.6 is 0 Å². The zero-order chi connectivity index (χ0) is 23.7. The molecule has 1 aromatic carbocycles. The number of amides is 1. The Morgan fingerprint density at radius 3 is 2.85 bits per heavy atom. The molecule has 5 rings (SSSR count). The molecule has 2 aliphatic rings. The molecule has 2 saturated heterocycles. The Kier molecular flexibility index (Phi) is 6.04. The Bertz CT molecular complexity index is 1240. The molecule has 174 valence electrons. The van der Waals surface area contributed by atoms with Crippen molar-refractivity contribution in [2.45, 2.75) is 32.4 Å². The van der Waals surface area contributed by atoms with Crippen LogP contribution in [0.3, 0.4) is 0 Å². The number of carbonyl (C=O) groups is 1. The highest BCUT2D eigenvalue weighted by Crippen LogP contribution is 2.30. The van der Waals surface area contributed by atoms with E-state index < -0.39 is 0 Å². The smallest absolute Gasteiger partial charge is 0.227 e. The SMILES string of the molecule is Cc1nc(-n2cnnn2)ccc1CC(=O)N1CCN2C[C@H](c3cccc(C#N)c3C)OC[C@@H]2C1. The van der Waals surface area contributed by atoms with Gasteiger partial charge in [0.1, 0.15) is 6.33 Å². The fourth-order valence-electron chi connectivity index (χ4n) is 4.75. The highest BCUT2D eigenvalue weighted by atomic mass is 16.5. The van der Waals surface area contributed by atoms with Crippen LogP contribution in [-0.4, -0.2) is 79.7 Å². The van der Waals surface area contributed by atoms with E-state index >= 15 is 0 Å². The van der Waals surface area contributed by atoms with Crippen molar-refractivity contribution in [2.75, 3.05) is 32.8 Å². The number of rotatable bonds is 4. The number of aryl methyl sites for hydroxylation is 1. The second-order valence-electron chi connectivity index (χ2n) is 8.79. The van der Waals surface area contributed by atoms with Crippen molar-refractivity contribution in [1.82, 2.24) is 35.0 Å². The molecule has 0 bridgehead atoms. The van der Waals surface area contributed by atoms with Gasteiger partial charge in [-0.25, -0.2) is 4.98 Å². The summed E-state index contributed by atoms with van der Waals surface area (Å²) in [5.41, 5.74) is 4.44. The first-order valence-electron chi connectivity index (χ1n) is 11.4. The molecule has 10 heteroatoms. The number of nitriles is 1. The van der Waals surface area contributed by atoms with E-state index in [0.717, 1.165) is 35.5 Å². The molecule has 0 N–H and O–H groups in total. The van der Waals surface area contributed by atoms with Crippen LogP contribution in [0.2, 0.25) is 0 Å². The largest absolute Gasteiger partial charge is 0.370 e. The summed E-state index contributed by atoms with van der Waals surface area (Å²) in [5, 5.41) is 20.5. The normalized spacial score (nSPS) is 20.6. The third-order valence-corrected chi connectivity index (χ3v) is 6.80. The lowest BCUT2D eigenvalue weighted by molar-refractivity contribution is -0.139. The molecule has 10 nitrogen and oxygen atoms in total. The molecule has 0 radical (unpaired) electrons. The number of carbonyl (C=O) groups excluding carboxylic acids is 1. The molecule has 1 amide bonds. The molecule has 0 saturated carbocycles. The number of hydrogen-bond acceptors (Lipinski definition) is 8. The van der Waals surface area contributed by atoms with Gasteiger partial charge in [-0.2, -0.15) is 9.94 Å². The van der Waals surface area contributed by atoms with E-state index in [1.165, 1.54) is 11.0 Å². The number of nitrogens with zero attached hydrogens (tertiary/aromatic N) is 8. The van der Waals surface area contributed by atoms with E-state index in [1.807, 2.05) is 49.1 Å². The number of pyridine rings is 1. The molecule has 0 spiro atoms. The first-order chi connectivity index (χ1) is 16.5. The highest BCUT2D eigenvalue weighted by Gasteiger charge is 2.36. The molecule has 4 heterocycles. The fourth-order valence-corrected chi connectivity index (χ4v) is 4.75. The van der Waals surface area contributed by atoms with E-state index in [4.69, 9.17) is 4.74 Å². The van der Waals surface area contributed by atoms with Gasteiger partial charge >= 0.3 is 0 Å². The number of hydrogen-bond donors (Lipinski definition) is 0. The topological polar surface area (TPSA) is 113 Å². The average Bonchev–Trinajstić information content (AvgIpc) is 3.40. The van der Waals surface area contributed by atoms with E-state index in [1.54, 1.807) is 0 Å². The van der Waals surface area contributed by atoms with Crippen molar-refractivity contribution < 1.29 is 9.53 Å². The Balaban J connectivity index is 1.21. The maximum Gasteiger partial charge on any atom is 0.227 e. The monoisotopic (exact) mass is 458 g/mol. The molecular weight excluding hydrogens is 432 g/mol. The summed E-state index contributed by atoms with van der Waals surface area (Å²) < 4.78 is 7.70. The summed E-state index contributed by atoms with van der Waals surface area (Å²) in [7, 11) is 0. The van der Waals surface area contributed by atoms with Gasteiger partial charge < -0.3 is 9.64 Å². The maximum atomic E-state index is 13.1. The summed E-state index contributed by atoms with van der Waals surface area (Å²) in [6, 6.07) is 12.0. The van der Waals surface area contributed by atoms with Crippen molar-refractivity contribution in [3.8, 4) is 11.9 Å². The van der Waals surface area contributed by atoms with Crippen LogP contribution in [-0.2, 0) is 16.0 Å². The predicted molar refractivity (Wildman–Crippen MR) is 122 cm³/mol. The number of aromatic nitrogens is 5. The zero-order valence-corrected chi connectivity index (χ0v) is 19.3. The second kappa shape index (κ2) is 9.29. The first-order valence-corrected chi connectivity index (χ1v) is 11.4. The molecule has 2 aliphatic heterocycles. The highest BCUT2D eigenvalue weighted by molar-refractivity contribution is 5.79. The lowest BCUT2D eigenvalue weighted by atomic mass is 9.96. The number of fused-ring (bicyclic) bond motifs is 1. The summed E-state index contributed by atoms with van der Waals surface area (Å²) in [5.74, 6) is 0.719. The Morgan fingerprint density at radius 1 is 1.21 bits per heavy atom. The Morgan fingerprint density at radius 2 is 2.09 bits per heavy atom. The Hall–Kier alpha value is -3.68. The van der Waals surface area contributed by atoms with Gasteiger partial charge in [0.15, 0.2) is 5.82 Å². The van der Waals surface area contributed by atoms with E-state index in [9.17, 15) is 10.1 Å².